The van der Waals surface area contributed by atoms with Gasteiger partial charge in [-0.15, -0.1) is 0 Å². The number of carbonyl (C=O) groups is 1. The Bertz CT molecular complexity index is 1780. The van der Waals surface area contributed by atoms with Crippen molar-refractivity contribution in [2.75, 3.05) is 17.7 Å². The minimum Gasteiger partial charge on any atom is -0.497 e. The van der Waals surface area contributed by atoms with Gasteiger partial charge in [-0.2, -0.15) is 0 Å². The summed E-state index contributed by atoms with van der Waals surface area (Å²) in [6, 6.07) is 16.7. The number of nitrogens with zero attached hydrogens (tertiary/aromatic N) is 3. The number of methoxy groups -OCH3 is 1. The highest BCUT2D eigenvalue weighted by molar-refractivity contribution is 6.07. The number of hydrogen-bond acceptors (Lipinski definition) is 5. The zero-order chi connectivity index (χ0) is 29.9. The van der Waals surface area contributed by atoms with E-state index < -0.39 is 6.03 Å². The molecule has 0 aliphatic heterocycles. The first-order chi connectivity index (χ1) is 20.2. The van der Waals surface area contributed by atoms with Crippen molar-refractivity contribution in [2.24, 2.45) is 0 Å². The zero-order valence-corrected chi connectivity index (χ0v) is 24.6. The molecule has 0 atom stereocenters. The maximum atomic E-state index is 14.0. The molecular weight excluding hydrogens is 528 g/mol. The lowest BCUT2D eigenvalue weighted by atomic mass is 9.85. The standard InChI is InChI=1S/C33H36N6O3/c1-6-17-39-30-24(11-8-14-36-30)28(22-9-7-10-23(20-22)42-5)29(31(39)40)38-32(41)37-26-18-21(19-27-34-15-16-35-27)12-13-25(26)33(2,3)4/h7-16,18,20H,6,17,19H2,1-5H3,(H,34,35)(H2,37,38,41). The third-order valence-electron chi connectivity index (χ3n) is 7.13. The second kappa shape index (κ2) is 11.9. The zero-order valence-electron chi connectivity index (χ0n) is 24.6. The molecule has 9 heteroatoms. The van der Waals surface area contributed by atoms with Crippen LogP contribution < -0.4 is 20.9 Å². The highest BCUT2D eigenvalue weighted by Crippen LogP contribution is 2.35. The van der Waals surface area contributed by atoms with Crippen LogP contribution in [0.25, 0.3) is 22.2 Å². The quantitative estimate of drug-likeness (QED) is 0.193. The predicted octanol–water partition coefficient (Wildman–Crippen LogP) is 6.74. The summed E-state index contributed by atoms with van der Waals surface area (Å²) in [5, 5.41) is 6.73. The summed E-state index contributed by atoms with van der Waals surface area (Å²) >= 11 is 0. The fourth-order valence-electron chi connectivity index (χ4n) is 5.22. The minimum absolute atomic E-state index is 0.179. The molecule has 2 amide bonds. The van der Waals surface area contributed by atoms with E-state index in [1.165, 1.54) is 0 Å². The van der Waals surface area contributed by atoms with Gasteiger partial charge in [0.25, 0.3) is 5.56 Å². The van der Waals surface area contributed by atoms with Crippen molar-refractivity contribution >= 4 is 28.4 Å². The van der Waals surface area contributed by atoms with Crippen LogP contribution in [0.15, 0.2) is 78.0 Å². The van der Waals surface area contributed by atoms with Crippen molar-refractivity contribution in [3.8, 4) is 16.9 Å². The third-order valence-corrected chi connectivity index (χ3v) is 7.13. The Kier molecular flexibility index (Phi) is 8.10. The molecule has 3 aromatic heterocycles. The van der Waals surface area contributed by atoms with Gasteiger partial charge in [-0.05, 0) is 58.9 Å². The van der Waals surface area contributed by atoms with E-state index in [1.807, 2.05) is 61.5 Å². The van der Waals surface area contributed by atoms with Crippen molar-refractivity contribution < 1.29 is 9.53 Å². The van der Waals surface area contributed by atoms with Gasteiger partial charge >= 0.3 is 6.03 Å². The summed E-state index contributed by atoms with van der Waals surface area (Å²) in [7, 11) is 1.59. The van der Waals surface area contributed by atoms with Crippen LogP contribution in [0, 0.1) is 0 Å². The van der Waals surface area contributed by atoms with Gasteiger partial charge < -0.3 is 20.4 Å². The van der Waals surface area contributed by atoms with Crippen LogP contribution in [0.5, 0.6) is 5.75 Å². The molecule has 0 aliphatic carbocycles. The average Bonchev–Trinajstić information content (AvgIpc) is 3.48. The van der Waals surface area contributed by atoms with Gasteiger partial charge in [-0.1, -0.05) is 52.0 Å². The molecule has 5 aromatic rings. The lowest BCUT2D eigenvalue weighted by Gasteiger charge is -2.24. The third kappa shape index (κ3) is 5.90. The maximum absolute atomic E-state index is 14.0. The van der Waals surface area contributed by atoms with Crippen LogP contribution in [-0.2, 0) is 18.4 Å². The number of ether oxygens (including phenoxy) is 1. The largest absolute Gasteiger partial charge is 0.497 e. The molecule has 216 valence electrons. The van der Waals surface area contributed by atoms with Gasteiger partial charge in [-0.3, -0.25) is 9.36 Å². The molecule has 5 rings (SSSR count). The number of anilines is 2. The van der Waals surface area contributed by atoms with E-state index in [2.05, 4.69) is 46.4 Å². The topological polar surface area (TPSA) is 114 Å². The highest BCUT2D eigenvalue weighted by atomic mass is 16.5. The molecule has 0 fully saturated rings. The number of amides is 2. The molecule has 3 N–H and O–H groups in total. The van der Waals surface area contributed by atoms with Crippen LogP contribution >= 0.6 is 0 Å². The molecule has 0 unspecified atom stereocenters. The van der Waals surface area contributed by atoms with Gasteiger partial charge in [-0.25, -0.2) is 14.8 Å². The first kappa shape index (κ1) is 28.6. The minimum atomic E-state index is -0.511. The van der Waals surface area contributed by atoms with Crippen LogP contribution in [-0.4, -0.2) is 32.7 Å². The Balaban J connectivity index is 1.60. The van der Waals surface area contributed by atoms with E-state index in [0.29, 0.717) is 35.6 Å². The smallest absolute Gasteiger partial charge is 0.323 e. The van der Waals surface area contributed by atoms with E-state index in [9.17, 15) is 9.59 Å². The van der Waals surface area contributed by atoms with Gasteiger partial charge in [0.15, 0.2) is 0 Å². The number of benzene rings is 2. The summed E-state index contributed by atoms with van der Waals surface area (Å²) in [5.74, 6) is 1.47. The number of nitrogens with one attached hydrogen (secondary N) is 3. The number of aromatic amines is 1. The summed E-state index contributed by atoms with van der Waals surface area (Å²) < 4.78 is 7.09. The van der Waals surface area contributed by atoms with Gasteiger partial charge in [0, 0.05) is 48.2 Å². The summed E-state index contributed by atoms with van der Waals surface area (Å²) in [6.07, 6.45) is 6.50. The van der Waals surface area contributed by atoms with Gasteiger partial charge in [0.1, 0.15) is 22.9 Å². The van der Waals surface area contributed by atoms with Crippen LogP contribution in [0.4, 0.5) is 16.2 Å². The number of fused-ring (bicyclic) bond motifs is 1. The Hall–Kier alpha value is -4.92. The number of imidazole rings is 1. The van der Waals surface area contributed by atoms with Crippen LogP contribution in [0.2, 0.25) is 0 Å². The predicted molar refractivity (Wildman–Crippen MR) is 167 cm³/mol. The second-order valence-electron chi connectivity index (χ2n) is 11.2. The van der Waals surface area contributed by atoms with E-state index >= 15 is 0 Å². The summed E-state index contributed by atoms with van der Waals surface area (Å²) in [4.78, 5) is 39.7. The maximum Gasteiger partial charge on any atom is 0.323 e. The van der Waals surface area contributed by atoms with Crippen molar-refractivity contribution in [1.82, 2.24) is 19.5 Å². The number of H-pyrrole nitrogens is 1. The Morgan fingerprint density at radius 2 is 1.86 bits per heavy atom. The molecule has 0 radical (unpaired) electrons. The van der Waals surface area contributed by atoms with Gasteiger partial charge in [0.2, 0.25) is 0 Å². The first-order valence-electron chi connectivity index (χ1n) is 14.0. The van der Waals surface area contributed by atoms with Crippen molar-refractivity contribution in [2.45, 2.75) is 52.5 Å². The van der Waals surface area contributed by atoms with Crippen molar-refractivity contribution in [3.05, 3.63) is 100 Å². The summed E-state index contributed by atoms with van der Waals surface area (Å²) in [5.41, 5.74) is 4.15. The van der Waals surface area contributed by atoms with E-state index in [0.717, 1.165) is 34.3 Å². The van der Waals surface area contributed by atoms with Crippen LogP contribution in [0.3, 0.4) is 0 Å². The second-order valence-corrected chi connectivity index (χ2v) is 11.2. The van der Waals surface area contributed by atoms with Crippen LogP contribution in [0.1, 0.15) is 51.1 Å². The molecule has 3 heterocycles. The fraction of sp³-hybridized carbons (Fsp3) is 0.273. The Morgan fingerprint density at radius 3 is 2.57 bits per heavy atom. The number of aromatic nitrogens is 4. The average molecular weight is 565 g/mol. The molecule has 2 aromatic carbocycles. The normalized spacial score (nSPS) is 11.5. The lowest BCUT2D eigenvalue weighted by Crippen LogP contribution is -2.30. The number of carbonyl (C=O) groups excluding carboxylic acids is 1. The SMILES string of the molecule is CCCn1c(=O)c(NC(=O)Nc2cc(Cc3ncc[nH]3)ccc2C(C)(C)C)c(-c2cccc(OC)c2)c2cccnc21. The van der Waals surface area contributed by atoms with Crippen molar-refractivity contribution in [3.63, 3.8) is 0 Å². The van der Waals surface area contributed by atoms with E-state index in [-0.39, 0.29) is 16.7 Å². The molecule has 0 aliphatic rings. The van der Waals surface area contributed by atoms with E-state index in [4.69, 9.17) is 4.74 Å². The molecule has 0 spiro atoms. The number of urea groups is 1. The molecule has 42 heavy (non-hydrogen) atoms. The monoisotopic (exact) mass is 564 g/mol. The number of pyridine rings is 2. The lowest BCUT2D eigenvalue weighted by molar-refractivity contribution is 0.262. The fourth-order valence-corrected chi connectivity index (χ4v) is 5.22. The Morgan fingerprint density at radius 1 is 1.02 bits per heavy atom. The first-order valence-corrected chi connectivity index (χ1v) is 14.0. The number of hydrogen-bond donors (Lipinski definition) is 3. The van der Waals surface area contributed by atoms with Gasteiger partial charge in [0.05, 0.1) is 7.11 Å². The molecule has 0 saturated heterocycles. The highest BCUT2D eigenvalue weighted by Gasteiger charge is 2.23. The van der Waals surface area contributed by atoms with Crippen molar-refractivity contribution in [1.29, 1.82) is 0 Å². The van der Waals surface area contributed by atoms with E-state index in [1.54, 1.807) is 30.3 Å². The molecular formula is C33H36N6O3. The Labute approximate surface area is 245 Å². The molecule has 9 nitrogen and oxygen atoms in total. The number of rotatable bonds is 8. The summed E-state index contributed by atoms with van der Waals surface area (Å²) in [6.45, 7) is 8.75. The molecule has 0 bridgehead atoms. The number of aryl methyl sites for hydroxylation is 1. The molecule has 0 saturated carbocycles.